The van der Waals surface area contributed by atoms with Crippen molar-refractivity contribution in [3.05, 3.63) is 12.2 Å². The van der Waals surface area contributed by atoms with Crippen LogP contribution >= 0.6 is 7.82 Å². The summed E-state index contributed by atoms with van der Waals surface area (Å²) in [6, 6.07) is 0. The number of allylic oxidation sites excluding steroid dienone is 2. The Bertz CT molecular complexity index is 863. The van der Waals surface area contributed by atoms with Gasteiger partial charge in [0.05, 0.1) is 34.4 Å². The van der Waals surface area contributed by atoms with Crippen molar-refractivity contribution in [1.29, 1.82) is 0 Å². The summed E-state index contributed by atoms with van der Waals surface area (Å²) >= 11 is 0. The highest BCUT2D eigenvalue weighted by Crippen LogP contribution is 2.38. The molecular weight excluding hydrogens is 685 g/mol. The molecule has 0 aromatic carbocycles. The molecule has 0 heterocycles. The molecule has 8 nitrogen and oxygen atoms in total. The maximum Gasteiger partial charge on any atom is 0.306 e. The van der Waals surface area contributed by atoms with Crippen LogP contribution in [0.5, 0.6) is 0 Å². The average Bonchev–Trinajstić information content (AvgIpc) is 3.11. The molecule has 0 aliphatic carbocycles. The van der Waals surface area contributed by atoms with Gasteiger partial charge in [0.1, 0.15) is 19.3 Å². The first kappa shape index (κ1) is 52.2. The lowest BCUT2D eigenvalue weighted by Gasteiger charge is -2.28. The van der Waals surface area contributed by atoms with E-state index in [-0.39, 0.29) is 25.8 Å². The average molecular weight is 774 g/mol. The maximum absolute atomic E-state index is 12.7. The lowest BCUT2D eigenvalue weighted by molar-refractivity contribution is -0.870. The van der Waals surface area contributed by atoms with Crippen molar-refractivity contribution >= 4 is 13.8 Å². The molecule has 9 heteroatoms. The normalized spacial score (nSPS) is 13.8. The van der Waals surface area contributed by atoms with Gasteiger partial charge in [-0.3, -0.25) is 9.36 Å². The molecule has 0 fully saturated rings. The zero-order valence-electron chi connectivity index (χ0n) is 35.7. The largest absolute Gasteiger partial charge is 0.756 e. The van der Waals surface area contributed by atoms with Gasteiger partial charge < -0.3 is 27.9 Å². The predicted molar refractivity (Wildman–Crippen MR) is 222 cm³/mol. The Morgan fingerprint density at radius 2 is 1.00 bits per heavy atom. The van der Waals surface area contributed by atoms with E-state index in [9.17, 15) is 14.3 Å². The van der Waals surface area contributed by atoms with E-state index >= 15 is 0 Å². The van der Waals surface area contributed by atoms with Crippen LogP contribution in [0.25, 0.3) is 0 Å². The molecule has 0 aromatic rings. The zero-order valence-corrected chi connectivity index (χ0v) is 36.6. The zero-order chi connectivity index (χ0) is 39.1. The Morgan fingerprint density at radius 1 is 0.566 bits per heavy atom. The van der Waals surface area contributed by atoms with Gasteiger partial charge in [0.15, 0.2) is 0 Å². The molecule has 0 saturated carbocycles. The highest BCUT2D eigenvalue weighted by Gasteiger charge is 2.20. The van der Waals surface area contributed by atoms with Crippen LogP contribution in [0.1, 0.15) is 206 Å². The lowest BCUT2D eigenvalue weighted by Crippen LogP contribution is -2.37. The number of unbranched alkanes of at least 4 members (excludes halogenated alkanes) is 26. The molecule has 316 valence electrons. The molecular formula is C44H88NO7P. The van der Waals surface area contributed by atoms with Crippen molar-refractivity contribution in [2.45, 2.75) is 213 Å². The number of esters is 1. The quantitative estimate of drug-likeness (QED) is 0.0200. The molecule has 0 rings (SSSR count). The number of carbonyl (C=O) groups is 1. The second-order valence-electron chi connectivity index (χ2n) is 16.4. The van der Waals surface area contributed by atoms with Crippen LogP contribution in [0.4, 0.5) is 0 Å². The van der Waals surface area contributed by atoms with Crippen molar-refractivity contribution in [2.24, 2.45) is 0 Å². The summed E-state index contributed by atoms with van der Waals surface area (Å²) in [5.74, 6) is -0.332. The minimum absolute atomic E-state index is 0.0281. The first-order chi connectivity index (χ1) is 25.6. The number of phosphoric ester groups is 1. The third kappa shape index (κ3) is 42.2. The number of nitrogens with zero attached hydrogens (tertiary/aromatic N) is 1. The summed E-state index contributed by atoms with van der Waals surface area (Å²) in [5, 5.41) is 0. The Balaban J connectivity index is 4.15. The van der Waals surface area contributed by atoms with E-state index in [0.29, 0.717) is 24.1 Å². The van der Waals surface area contributed by atoms with Crippen LogP contribution in [-0.2, 0) is 27.9 Å². The summed E-state index contributed by atoms with van der Waals surface area (Å²) in [4.78, 5) is 25.0. The fourth-order valence-corrected chi connectivity index (χ4v) is 7.02. The van der Waals surface area contributed by atoms with Crippen molar-refractivity contribution in [1.82, 2.24) is 0 Å². The van der Waals surface area contributed by atoms with Crippen molar-refractivity contribution < 1.29 is 37.3 Å². The molecule has 0 aliphatic heterocycles. The van der Waals surface area contributed by atoms with Gasteiger partial charge in [-0.2, -0.15) is 0 Å². The van der Waals surface area contributed by atoms with Gasteiger partial charge in [-0.15, -0.1) is 0 Å². The number of rotatable bonds is 42. The van der Waals surface area contributed by atoms with Gasteiger partial charge in [-0.05, 0) is 32.1 Å². The number of phosphoric acid groups is 1. The van der Waals surface area contributed by atoms with Crippen LogP contribution in [-0.4, -0.2) is 70.7 Å². The molecule has 0 saturated heterocycles. The topological polar surface area (TPSA) is 94.1 Å². The second-order valence-corrected chi connectivity index (χ2v) is 17.8. The molecule has 53 heavy (non-hydrogen) atoms. The third-order valence-corrected chi connectivity index (χ3v) is 10.8. The third-order valence-electron chi connectivity index (χ3n) is 9.82. The van der Waals surface area contributed by atoms with Gasteiger partial charge in [-0.1, -0.05) is 180 Å². The van der Waals surface area contributed by atoms with Gasteiger partial charge in [-0.25, -0.2) is 0 Å². The van der Waals surface area contributed by atoms with E-state index in [4.69, 9.17) is 18.5 Å². The summed E-state index contributed by atoms with van der Waals surface area (Å²) in [5.41, 5.74) is 0. The van der Waals surface area contributed by atoms with Gasteiger partial charge in [0.25, 0.3) is 7.82 Å². The minimum atomic E-state index is -4.52. The Labute approximate surface area is 329 Å². The van der Waals surface area contributed by atoms with E-state index in [1.54, 1.807) is 0 Å². The van der Waals surface area contributed by atoms with Crippen LogP contribution in [0.3, 0.4) is 0 Å². The number of carbonyl (C=O) groups excluding carboxylic acids is 1. The van der Waals surface area contributed by atoms with E-state index in [1.165, 1.54) is 154 Å². The molecule has 0 bridgehead atoms. The number of hydrogen-bond donors (Lipinski definition) is 0. The molecule has 0 N–H and O–H groups in total. The molecule has 2 atom stereocenters. The monoisotopic (exact) mass is 774 g/mol. The highest BCUT2D eigenvalue weighted by molar-refractivity contribution is 7.45. The summed E-state index contributed by atoms with van der Waals surface area (Å²) in [6.07, 6.45) is 40.8. The standard InChI is InChI=1S/C44H88NO7P/c1-6-8-10-12-14-16-18-20-21-22-23-24-25-26-27-29-31-33-35-37-44(46)52-43(42-51-53(47,48)50-40-38-45(3,4)5)41-49-39-36-34-32-30-28-19-17-15-13-11-9-7-2/h13,15,43H,6-12,14,16-42H2,1-5H3/b15-13-. The van der Waals surface area contributed by atoms with Crippen LogP contribution in [0, 0.1) is 0 Å². The van der Waals surface area contributed by atoms with E-state index < -0.39 is 13.9 Å². The van der Waals surface area contributed by atoms with Crippen LogP contribution in [0.2, 0.25) is 0 Å². The Hall–Kier alpha value is -0.760. The molecule has 0 spiro atoms. The smallest absolute Gasteiger partial charge is 0.306 e. The van der Waals surface area contributed by atoms with Gasteiger partial charge in [0, 0.05) is 13.0 Å². The van der Waals surface area contributed by atoms with Crippen LogP contribution < -0.4 is 4.89 Å². The molecule has 0 aliphatic rings. The predicted octanol–water partition coefficient (Wildman–Crippen LogP) is 12.4. The molecule has 0 amide bonds. The summed E-state index contributed by atoms with van der Waals surface area (Å²) in [7, 11) is 1.36. The Morgan fingerprint density at radius 3 is 1.49 bits per heavy atom. The maximum atomic E-state index is 12.7. The molecule has 0 radical (unpaired) electrons. The molecule has 2 unspecified atom stereocenters. The molecule has 0 aromatic heterocycles. The SMILES string of the molecule is CCCC/C=C\CCCCCCCCOCC(COP(=O)([O-])OCC[N+](C)(C)C)OC(=O)CCCCCCCCCCCCCCCCCCCCC. The first-order valence-corrected chi connectivity index (χ1v) is 23.9. The van der Waals surface area contributed by atoms with E-state index in [2.05, 4.69) is 26.0 Å². The number of hydrogen-bond acceptors (Lipinski definition) is 7. The fourth-order valence-electron chi connectivity index (χ4n) is 6.29. The number of likely N-dealkylation sites (N-methyl/N-ethyl adjacent to an activating group) is 1. The minimum Gasteiger partial charge on any atom is -0.756 e. The number of quaternary nitrogens is 1. The first-order valence-electron chi connectivity index (χ1n) is 22.4. The van der Waals surface area contributed by atoms with Crippen molar-refractivity contribution in [3.8, 4) is 0 Å². The summed E-state index contributed by atoms with van der Waals surface area (Å²) in [6.45, 7) is 5.40. The van der Waals surface area contributed by atoms with E-state index in [1.807, 2.05) is 21.1 Å². The Kier molecular flexibility index (Phi) is 37.6. The fraction of sp³-hybridized carbons (Fsp3) is 0.932. The lowest BCUT2D eigenvalue weighted by atomic mass is 10.0. The van der Waals surface area contributed by atoms with Crippen molar-refractivity contribution in [3.63, 3.8) is 0 Å². The van der Waals surface area contributed by atoms with Gasteiger partial charge in [0.2, 0.25) is 0 Å². The second kappa shape index (κ2) is 38.1. The van der Waals surface area contributed by atoms with Crippen molar-refractivity contribution in [2.75, 3.05) is 54.1 Å². The van der Waals surface area contributed by atoms with Crippen LogP contribution in [0.15, 0.2) is 12.2 Å². The number of ether oxygens (including phenoxy) is 2. The van der Waals surface area contributed by atoms with E-state index in [0.717, 1.165) is 32.1 Å². The summed E-state index contributed by atoms with van der Waals surface area (Å²) < 4.78 is 34.6. The van der Waals surface area contributed by atoms with Gasteiger partial charge >= 0.3 is 5.97 Å². The highest BCUT2D eigenvalue weighted by atomic mass is 31.2.